The highest BCUT2D eigenvalue weighted by Gasteiger charge is 2.31. The lowest BCUT2D eigenvalue weighted by molar-refractivity contribution is -0.126. The first-order valence-corrected chi connectivity index (χ1v) is 11.5. The third kappa shape index (κ3) is 5.33. The van der Waals surface area contributed by atoms with Crippen LogP contribution in [0.3, 0.4) is 0 Å². The number of nitrogens with one attached hydrogen (secondary N) is 1. The Hall–Kier alpha value is -3.00. The van der Waals surface area contributed by atoms with Gasteiger partial charge < -0.3 is 14.4 Å². The number of likely N-dealkylation sites (tertiary alicyclic amines) is 1. The molecule has 0 aromatic heterocycles. The Morgan fingerprint density at radius 2 is 1.87 bits per heavy atom. The molecular formula is C22H26N2O5S. The number of carbonyl (C=O) groups is 1. The number of carbonyl (C=O) groups excluding carboxylic acids is 1. The number of nitrogens with zero attached hydrogens (tertiary/aromatic N) is 1. The van der Waals surface area contributed by atoms with E-state index in [4.69, 9.17) is 9.47 Å². The summed E-state index contributed by atoms with van der Waals surface area (Å²) in [5.41, 5.74) is 2.22. The van der Waals surface area contributed by atoms with Crippen LogP contribution in [-0.2, 0) is 14.8 Å². The summed E-state index contributed by atoms with van der Waals surface area (Å²) in [5.74, 6) is 1.38. The molecule has 8 heteroatoms. The molecular weight excluding hydrogens is 404 g/mol. The van der Waals surface area contributed by atoms with Crippen molar-refractivity contribution in [3.63, 3.8) is 0 Å². The first-order valence-electron chi connectivity index (χ1n) is 9.59. The summed E-state index contributed by atoms with van der Waals surface area (Å²) in [5, 5.41) is 0. The molecule has 1 saturated heterocycles. The predicted molar refractivity (Wildman–Crippen MR) is 117 cm³/mol. The fourth-order valence-electron chi connectivity index (χ4n) is 3.59. The highest BCUT2D eigenvalue weighted by atomic mass is 32.2. The second kappa shape index (κ2) is 9.21. The largest absolute Gasteiger partial charge is 0.497 e. The topological polar surface area (TPSA) is 84.9 Å². The standard InChI is InChI=1S/C22H26N2O5S/c1-28-18-11-12-21(29-2)19(15-18)20-5-4-14-24(20)22(25)13-8-16-6-9-17(10-7-16)23-30(3,26)27/h6-13,15,20,23H,4-5,14H2,1-3H3/b13-8+. The van der Waals surface area contributed by atoms with Gasteiger partial charge in [0.05, 0.1) is 26.5 Å². The number of sulfonamides is 1. The van der Waals surface area contributed by atoms with E-state index in [1.54, 1.807) is 50.6 Å². The number of hydrogen-bond acceptors (Lipinski definition) is 5. The summed E-state index contributed by atoms with van der Waals surface area (Å²) in [6.45, 7) is 0.672. The van der Waals surface area contributed by atoms with Gasteiger partial charge in [0.1, 0.15) is 11.5 Å². The van der Waals surface area contributed by atoms with Crippen LogP contribution < -0.4 is 14.2 Å². The van der Waals surface area contributed by atoms with Crippen LogP contribution in [0.4, 0.5) is 5.69 Å². The molecule has 3 rings (SSSR count). The van der Waals surface area contributed by atoms with Crippen molar-refractivity contribution < 1.29 is 22.7 Å². The lowest BCUT2D eigenvalue weighted by Crippen LogP contribution is -2.29. The molecule has 0 spiro atoms. The molecule has 2 aromatic carbocycles. The molecule has 1 N–H and O–H groups in total. The Morgan fingerprint density at radius 3 is 2.50 bits per heavy atom. The van der Waals surface area contributed by atoms with Crippen LogP contribution in [-0.4, -0.2) is 46.2 Å². The number of ether oxygens (including phenoxy) is 2. The SMILES string of the molecule is COc1ccc(OC)c(C2CCCN2C(=O)/C=C/c2ccc(NS(C)(=O)=O)cc2)c1. The van der Waals surface area contributed by atoms with Crippen molar-refractivity contribution >= 4 is 27.7 Å². The maximum absolute atomic E-state index is 12.9. The molecule has 1 amide bonds. The average molecular weight is 431 g/mol. The van der Waals surface area contributed by atoms with Crippen LogP contribution in [0.15, 0.2) is 48.5 Å². The van der Waals surface area contributed by atoms with E-state index in [2.05, 4.69) is 4.72 Å². The molecule has 1 unspecified atom stereocenters. The number of hydrogen-bond donors (Lipinski definition) is 1. The zero-order valence-electron chi connectivity index (χ0n) is 17.3. The molecule has 1 aliphatic rings. The summed E-state index contributed by atoms with van der Waals surface area (Å²) in [4.78, 5) is 14.7. The van der Waals surface area contributed by atoms with Gasteiger partial charge in [-0.1, -0.05) is 12.1 Å². The van der Waals surface area contributed by atoms with Crippen molar-refractivity contribution in [2.24, 2.45) is 0 Å². The van der Waals surface area contributed by atoms with E-state index in [-0.39, 0.29) is 11.9 Å². The fraction of sp³-hybridized carbons (Fsp3) is 0.318. The highest BCUT2D eigenvalue weighted by Crippen LogP contribution is 2.39. The molecule has 1 heterocycles. The van der Waals surface area contributed by atoms with Gasteiger partial charge in [0, 0.05) is 23.9 Å². The Balaban J connectivity index is 1.75. The normalized spacial score (nSPS) is 16.6. The van der Waals surface area contributed by atoms with Gasteiger partial charge in [0.2, 0.25) is 15.9 Å². The van der Waals surface area contributed by atoms with E-state index >= 15 is 0 Å². The third-order valence-electron chi connectivity index (χ3n) is 4.96. The molecule has 7 nitrogen and oxygen atoms in total. The van der Waals surface area contributed by atoms with Crippen molar-refractivity contribution in [1.82, 2.24) is 4.90 Å². The maximum Gasteiger partial charge on any atom is 0.247 e. The molecule has 2 aromatic rings. The average Bonchev–Trinajstić information content (AvgIpc) is 3.21. The van der Waals surface area contributed by atoms with Crippen molar-refractivity contribution in [2.45, 2.75) is 18.9 Å². The minimum atomic E-state index is -3.32. The molecule has 1 fully saturated rings. The molecule has 0 bridgehead atoms. The zero-order valence-corrected chi connectivity index (χ0v) is 18.1. The summed E-state index contributed by atoms with van der Waals surface area (Å²) >= 11 is 0. The minimum Gasteiger partial charge on any atom is -0.497 e. The minimum absolute atomic E-state index is 0.0754. The molecule has 1 atom stereocenters. The first-order chi connectivity index (χ1) is 14.3. The van der Waals surface area contributed by atoms with Gasteiger partial charge in [-0.05, 0) is 54.8 Å². The Morgan fingerprint density at radius 1 is 1.13 bits per heavy atom. The van der Waals surface area contributed by atoms with Gasteiger partial charge in [-0.2, -0.15) is 0 Å². The lowest BCUT2D eigenvalue weighted by Gasteiger charge is -2.25. The summed E-state index contributed by atoms with van der Waals surface area (Å²) in [6, 6.07) is 12.4. The number of rotatable bonds is 7. The molecule has 0 aliphatic carbocycles. The smallest absolute Gasteiger partial charge is 0.247 e. The number of methoxy groups -OCH3 is 2. The van der Waals surface area contributed by atoms with Crippen molar-refractivity contribution in [3.05, 3.63) is 59.7 Å². The number of amides is 1. The van der Waals surface area contributed by atoms with Crippen LogP contribution in [0.5, 0.6) is 11.5 Å². The fourth-order valence-corrected chi connectivity index (χ4v) is 4.16. The molecule has 30 heavy (non-hydrogen) atoms. The number of anilines is 1. The third-order valence-corrected chi connectivity index (χ3v) is 5.57. The van der Waals surface area contributed by atoms with Gasteiger partial charge in [-0.3, -0.25) is 9.52 Å². The van der Waals surface area contributed by atoms with Crippen LogP contribution in [0, 0.1) is 0 Å². The Labute approximate surface area is 177 Å². The highest BCUT2D eigenvalue weighted by molar-refractivity contribution is 7.92. The van der Waals surface area contributed by atoms with E-state index in [9.17, 15) is 13.2 Å². The van der Waals surface area contributed by atoms with E-state index in [0.29, 0.717) is 12.2 Å². The zero-order chi connectivity index (χ0) is 21.7. The van der Waals surface area contributed by atoms with E-state index in [0.717, 1.165) is 41.7 Å². The first kappa shape index (κ1) is 21.7. The Bertz CT molecular complexity index is 1030. The van der Waals surface area contributed by atoms with E-state index in [1.165, 1.54) is 0 Å². The van der Waals surface area contributed by atoms with Crippen LogP contribution in [0.1, 0.15) is 30.0 Å². The maximum atomic E-state index is 12.9. The van der Waals surface area contributed by atoms with E-state index < -0.39 is 10.0 Å². The van der Waals surface area contributed by atoms with E-state index in [1.807, 2.05) is 23.1 Å². The summed E-state index contributed by atoms with van der Waals surface area (Å²) in [7, 11) is -0.0848. The van der Waals surface area contributed by atoms with Crippen LogP contribution in [0.25, 0.3) is 6.08 Å². The number of benzene rings is 2. The van der Waals surface area contributed by atoms with Crippen LogP contribution >= 0.6 is 0 Å². The second-order valence-electron chi connectivity index (χ2n) is 7.13. The quantitative estimate of drug-likeness (QED) is 0.680. The van der Waals surface area contributed by atoms with Crippen molar-refractivity contribution in [1.29, 1.82) is 0 Å². The van der Waals surface area contributed by atoms with Crippen molar-refractivity contribution in [2.75, 3.05) is 31.7 Å². The van der Waals surface area contributed by atoms with Crippen molar-refractivity contribution in [3.8, 4) is 11.5 Å². The predicted octanol–water partition coefficient (Wildman–Crippen LogP) is 3.45. The van der Waals surface area contributed by atoms with Gasteiger partial charge in [0.25, 0.3) is 0 Å². The van der Waals surface area contributed by atoms with Crippen LogP contribution in [0.2, 0.25) is 0 Å². The van der Waals surface area contributed by atoms with Gasteiger partial charge in [-0.15, -0.1) is 0 Å². The van der Waals surface area contributed by atoms with Gasteiger partial charge >= 0.3 is 0 Å². The monoisotopic (exact) mass is 430 g/mol. The summed E-state index contributed by atoms with van der Waals surface area (Å²) < 4.78 is 35.8. The molecule has 160 valence electrons. The Kier molecular flexibility index (Phi) is 6.66. The second-order valence-corrected chi connectivity index (χ2v) is 8.88. The molecule has 1 aliphatic heterocycles. The lowest BCUT2D eigenvalue weighted by atomic mass is 10.0. The molecule has 0 saturated carbocycles. The van der Waals surface area contributed by atoms with Gasteiger partial charge in [0.15, 0.2) is 0 Å². The van der Waals surface area contributed by atoms with Gasteiger partial charge in [-0.25, -0.2) is 8.42 Å². The summed E-state index contributed by atoms with van der Waals surface area (Å²) in [6.07, 6.45) is 6.14. The molecule has 0 radical (unpaired) electrons.